The van der Waals surface area contributed by atoms with Crippen molar-refractivity contribution in [3.05, 3.63) is 64.2 Å². The highest BCUT2D eigenvalue weighted by molar-refractivity contribution is 6.31. The van der Waals surface area contributed by atoms with E-state index in [1.807, 2.05) is 4.90 Å². The molecule has 4 rings (SSSR count). The first-order valence-corrected chi connectivity index (χ1v) is 10.1. The van der Waals surface area contributed by atoms with Gasteiger partial charge in [-0.1, -0.05) is 37.1 Å². The first kappa shape index (κ1) is 19.3. The Bertz CT molecular complexity index is 975. The summed E-state index contributed by atoms with van der Waals surface area (Å²) in [5, 5.41) is 12.4. The largest absolute Gasteiger partial charge is 0.395 e. The third kappa shape index (κ3) is 3.44. The zero-order valence-corrected chi connectivity index (χ0v) is 16.2. The van der Waals surface area contributed by atoms with Crippen LogP contribution in [0, 0.1) is 0 Å². The number of aliphatic hydroxyl groups excluding tert-OH is 1. The number of anilines is 1. The fraction of sp³-hybridized carbons (Fsp3) is 0.348. The summed E-state index contributed by atoms with van der Waals surface area (Å²) in [5.41, 5.74) is 1.96. The summed E-state index contributed by atoms with van der Waals surface area (Å²) < 4.78 is 0. The van der Waals surface area contributed by atoms with E-state index in [4.69, 9.17) is 0 Å². The number of benzene rings is 2. The minimum absolute atomic E-state index is 0.144. The summed E-state index contributed by atoms with van der Waals surface area (Å²) in [6.45, 7) is 1.40. The lowest BCUT2D eigenvalue weighted by atomic mass is 9.82. The molecule has 0 bridgehead atoms. The van der Waals surface area contributed by atoms with Crippen LogP contribution < -0.4 is 5.32 Å². The molecule has 29 heavy (non-hydrogen) atoms. The van der Waals surface area contributed by atoms with Gasteiger partial charge < -0.3 is 15.3 Å². The zero-order chi connectivity index (χ0) is 20.4. The molecule has 0 spiro atoms. The van der Waals surface area contributed by atoms with Crippen LogP contribution in [-0.2, 0) is 0 Å². The van der Waals surface area contributed by atoms with E-state index >= 15 is 0 Å². The first-order valence-electron chi connectivity index (χ1n) is 10.1. The maximum absolute atomic E-state index is 13.3. The fourth-order valence-corrected chi connectivity index (χ4v) is 4.17. The predicted octanol–water partition coefficient (Wildman–Crippen LogP) is 2.88. The van der Waals surface area contributed by atoms with Crippen molar-refractivity contribution in [1.82, 2.24) is 4.90 Å². The smallest absolute Gasteiger partial charge is 0.255 e. The van der Waals surface area contributed by atoms with Crippen LogP contribution in [0.5, 0.6) is 0 Å². The van der Waals surface area contributed by atoms with Crippen molar-refractivity contribution in [3.63, 3.8) is 0 Å². The van der Waals surface area contributed by atoms with Crippen LogP contribution in [0.4, 0.5) is 5.69 Å². The van der Waals surface area contributed by atoms with E-state index in [1.165, 1.54) is 0 Å². The lowest BCUT2D eigenvalue weighted by Gasteiger charge is -2.26. The molecule has 2 aliphatic rings. The van der Waals surface area contributed by atoms with Crippen LogP contribution in [0.2, 0.25) is 0 Å². The molecule has 1 amide bonds. The Morgan fingerprint density at radius 3 is 2.21 bits per heavy atom. The minimum atomic E-state index is -0.277. The van der Waals surface area contributed by atoms with Gasteiger partial charge in [-0.15, -0.1) is 0 Å². The molecule has 0 unspecified atom stereocenters. The Hall–Kier alpha value is -2.99. The molecule has 6 nitrogen and oxygen atoms in total. The molecule has 1 aliphatic heterocycles. The molecule has 1 fully saturated rings. The number of amides is 1. The quantitative estimate of drug-likeness (QED) is 0.713. The van der Waals surface area contributed by atoms with E-state index in [2.05, 4.69) is 5.32 Å². The average Bonchev–Trinajstić information content (AvgIpc) is 3.04. The number of likely N-dealkylation sites (tertiary alicyclic amines) is 1. The van der Waals surface area contributed by atoms with Gasteiger partial charge in [0.1, 0.15) is 0 Å². The molecule has 2 aromatic carbocycles. The van der Waals surface area contributed by atoms with Crippen LogP contribution in [0.25, 0.3) is 0 Å². The van der Waals surface area contributed by atoms with Crippen LogP contribution in [0.1, 0.15) is 67.9 Å². The lowest BCUT2D eigenvalue weighted by molar-refractivity contribution is 0.0762. The van der Waals surface area contributed by atoms with E-state index in [0.717, 1.165) is 25.7 Å². The van der Waals surface area contributed by atoms with Gasteiger partial charge in [0.25, 0.3) is 5.91 Å². The Kier molecular flexibility index (Phi) is 5.45. The fourth-order valence-electron chi connectivity index (χ4n) is 4.17. The number of carbonyl (C=O) groups excluding carboxylic acids is 3. The van der Waals surface area contributed by atoms with E-state index < -0.39 is 0 Å². The number of carbonyl (C=O) groups is 3. The summed E-state index contributed by atoms with van der Waals surface area (Å²) in [5.74, 6) is -0.647. The monoisotopic (exact) mass is 392 g/mol. The minimum Gasteiger partial charge on any atom is -0.395 e. The molecule has 1 aliphatic carbocycles. The van der Waals surface area contributed by atoms with E-state index in [-0.39, 0.29) is 36.2 Å². The van der Waals surface area contributed by atoms with E-state index in [9.17, 15) is 19.5 Å². The standard InChI is InChI=1S/C23H24N2O4/c26-14-11-24-20-18(23(29)25-12-5-1-2-6-13-25)10-9-17-19(20)22(28)16-8-4-3-7-15(16)21(17)27/h3-4,7-10,24,26H,1-2,5-6,11-14H2. The second-order valence-electron chi connectivity index (χ2n) is 7.47. The van der Waals surface area contributed by atoms with Gasteiger partial charge in [-0.25, -0.2) is 0 Å². The van der Waals surface area contributed by atoms with Crippen LogP contribution >= 0.6 is 0 Å². The second-order valence-corrected chi connectivity index (χ2v) is 7.47. The highest BCUT2D eigenvalue weighted by Gasteiger charge is 2.34. The summed E-state index contributed by atoms with van der Waals surface area (Å²) in [6.07, 6.45) is 4.13. The van der Waals surface area contributed by atoms with Crippen molar-refractivity contribution in [3.8, 4) is 0 Å². The van der Waals surface area contributed by atoms with Crippen molar-refractivity contribution in [2.75, 3.05) is 31.6 Å². The number of fused-ring (bicyclic) bond motifs is 2. The number of nitrogens with zero attached hydrogens (tertiary/aromatic N) is 1. The van der Waals surface area contributed by atoms with E-state index in [1.54, 1.807) is 36.4 Å². The first-order chi connectivity index (χ1) is 14.1. The highest BCUT2D eigenvalue weighted by atomic mass is 16.3. The van der Waals surface area contributed by atoms with Crippen molar-refractivity contribution < 1.29 is 19.5 Å². The number of ketones is 2. The second kappa shape index (κ2) is 8.17. The zero-order valence-electron chi connectivity index (χ0n) is 16.2. The van der Waals surface area contributed by atoms with Gasteiger partial charge in [-0.05, 0) is 25.0 Å². The Labute approximate surface area is 169 Å². The third-order valence-corrected chi connectivity index (χ3v) is 5.63. The molecule has 0 aromatic heterocycles. The Morgan fingerprint density at radius 2 is 1.55 bits per heavy atom. The molecule has 0 saturated carbocycles. The maximum Gasteiger partial charge on any atom is 0.255 e. The van der Waals surface area contributed by atoms with Crippen LogP contribution in [-0.4, -0.2) is 53.7 Å². The number of hydrogen-bond donors (Lipinski definition) is 2. The normalized spacial score (nSPS) is 16.1. The van der Waals surface area contributed by atoms with Crippen molar-refractivity contribution >= 4 is 23.2 Å². The predicted molar refractivity (Wildman–Crippen MR) is 110 cm³/mol. The van der Waals surface area contributed by atoms with Crippen molar-refractivity contribution in [1.29, 1.82) is 0 Å². The molecule has 1 heterocycles. The van der Waals surface area contributed by atoms with Crippen LogP contribution in [0.15, 0.2) is 36.4 Å². The third-order valence-electron chi connectivity index (χ3n) is 5.63. The molecule has 6 heteroatoms. The van der Waals surface area contributed by atoms with E-state index in [0.29, 0.717) is 41.0 Å². The van der Waals surface area contributed by atoms with Crippen molar-refractivity contribution in [2.45, 2.75) is 25.7 Å². The summed E-state index contributed by atoms with van der Waals surface area (Å²) in [6, 6.07) is 9.96. The number of rotatable bonds is 4. The molecule has 0 atom stereocenters. The Morgan fingerprint density at radius 1 is 0.897 bits per heavy atom. The number of nitrogens with one attached hydrogen (secondary N) is 1. The molecule has 2 aromatic rings. The van der Waals surface area contributed by atoms with Gasteiger partial charge in [0.15, 0.2) is 11.6 Å². The number of hydrogen-bond acceptors (Lipinski definition) is 5. The SMILES string of the molecule is O=C1c2ccccc2C(=O)c2c1ccc(C(=O)N1CCCCCC1)c2NCCO. The number of aliphatic hydroxyl groups is 1. The molecule has 150 valence electrons. The van der Waals surface area contributed by atoms with Gasteiger partial charge in [0.05, 0.1) is 23.4 Å². The summed E-state index contributed by atoms with van der Waals surface area (Å²) in [4.78, 5) is 41.4. The summed E-state index contributed by atoms with van der Waals surface area (Å²) >= 11 is 0. The lowest BCUT2D eigenvalue weighted by Crippen LogP contribution is -2.33. The van der Waals surface area contributed by atoms with Gasteiger partial charge in [0, 0.05) is 36.3 Å². The molecular formula is C23H24N2O4. The molecule has 1 saturated heterocycles. The average molecular weight is 392 g/mol. The van der Waals surface area contributed by atoms with Crippen molar-refractivity contribution in [2.24, 2.45) is 0 Å². The van der Waals surface area contributed by atoms with Gasteiger partial charge >= 0.3 is 0 Å². The Balaban J connectivity index is 1.83. The van der Waals surface area contributed by atoms with Crippen LogP contribution in [0.3, 0.4) is 0 Å². The highest BCUT2D eigenvalue weighted by Crippen LogP contribution is 2.35. The molecule has 2 N–H and O–H groups in total. The summed E-state index contributed by atoms with van der Waals surface area (Å²) in [7, 11) is 0. The van der Waals surface area contributed by atoms with Gasteiger partial charge in [-0.2, -0.15) is 0 Å². The molecule has 0 radical (unpaired) electrons. The van der Waals surface area contributed by atoms with Gasteiger partial charge in [-0.3, -0.25) is 14.4 Å². The topological polar surface area (TPSA) is 86.7 Å². The molecular weight excluding hydrogens is 368 g/mol. The van der Waals surface area contributed by atoms with Gasteiger partial charge in [0.2, 0.25) is 0 Å². The maximum atomic E-state index is 13.3.